The van der Waals surface area contributed by atoms with Crippen LogP contribution in [0.25, 0.3) is 0 Å². The van der Waals surface area contributed by atoms with Gasteiger partial charge in [0.1, 0.15) is 19.3 Å². The highest BCUT2D eigenvalue weighted by molar-refractivity contribution is 7.47. The van der Waals surface area contributed by atoms with Gasteiger partial charge in [-0.05, 0) is 37.5 Å². The minimum Gasteiger partial charge on any atom is -0.462 e. The van der Waals surface area contributed by atoms with Gasteiger partial charge >= 0.3 is 39.5 Å². The van der Waals surface area contributed by atoms with E-state index >= 15 is 0 Å². The molecule has 0 saturated heterocycles. The Morgan fingerprint density at radius 2 is 0.654 bits per heavy atom. The zero-order valence-corrected chi connectivity index (χ0v) is 51.7. The summed E-state index contributed by atoms with van der Waals surface area (Å²) in [5, 5.41) is 10.5. The smallest absolute Gasteiger partial charge is 0.462 e. The van der Waals surface area contributed by atoms with Crippen LogP contribution in [-0.2, 0) is 65.4 Å². The zero-order chi connectivity index (χ0) is 58.0. The maximum absolute atomic E-state index is 12.9. The number of hydrogen-bond donors (Lipinski definition) is 3. The fourth-order valence-electron chi connectivity index (χ4n) is 8.61. The van der Waals surface area contributed by atoms with Crippen LogP contribution in [0.4, 0.5) is 0 Å². The van der Waals surface area contributed by atoms with Crippen LogP contribution in [0.2, 0.25) is 0 Å². The van der Waals surface area contributed by atoms with Crippen molar-refractivity contribution in [1.82, 2.24) is 0 Å². The third-order valence-electron chi connectivity index (χ3n) is 13.8. The Balaban J connectivity index is 5.18. The molecule has 0 heterocycles. The van der Waals surface area contributed by atoms with Gasteiger partial charge in [-0.3, -0.25) is 37.3 Å². The van der Waals surface area contributed by atoms with Crippen LogP contribution in [-0.4, -0.2) is 96.7 Å². The molecule has 462 valence electrons. The SMILES string of the molecule is CCCCCCCCCCC(=O)O[C@H](COC(=O)CCCCCCC)COP(=O)(O)OC[C@H](O)COP(=O)(O)OC[C@@H](COC(=O)CCCCCCCCCCC(C)C)OC(=O)CCCCCCCCCCCCC(C)CC. The second-order valence-corrected chi connectivity index (χ2v) is 25.0. The normalized spacial score (nSPS) is 14.8. The van der Waals surface area contributed by atoms with E-state index in [1.165, 1.54) is 89.9 Å². The fraction of sp³-hybridized carbons (Fsp3) is 0.932. The lowest BCUT2D eigenvalue weighted by atomic mass is 9.99. The van der Waals surface area contributed by atoms with Gasteiger partial charge in [0.2, 0.25) is 0 Å². The van der Waals surface area contributed by atoms with Gasteiger partial charge in [-0.15, -0.1) is 0 Å². The van der Waals surface area contributed by atoms with Crippen molar-refractivity contribution >= 4 is 39.5 Å². The summed E-state index contributed by atoms with van der Waals surface area (Å²) < 4.78 is 67.5. The van der Waals surface area contributed by atoms with Crippen LogP contribution in [0, 0.1) is 11.8 Å². The van der Waals surface area contributed by atoms with Gasteiger partial charge in [-0.2, -0.15) is 0 Å². The lowest BCUT2D eigenvalue weighted by Gasteiger charge is -2.21. The molecule has 0 aromatic carbocycles. The number of aliphatic hydroxyl groups is 1. The average Bonchev–Trinajstić information content (AvgIpc) is 3.40. The van der Waals surface area contributed by atoms with Crippen LogP contribution in [0.15, 0.2) is 0 Å². The van der Waals surface area contributed by atoms with Gasteiger partial charge in [0, 0.05) is 25.7 Å². The lowest BCUT2D eigenvalue weighted by Crippen LogP contribution is -2.30. The number of aliphatic hydroxyl groups excluding tert-OH is 1. The molecule has 0 aromatic rings. The molecule has 0 amide bonds. The second kappa shape index (κ2) is 51.9. The molecule has 6 atom stereocenters. The number of phosphoric acid groups is 2. The van der Waals surface area contributed by atoms with Crippen LogP contribution < -0.4 is 0 Å². The van der Waals surface area contributed by atoms with Gasteiger partial charge < -0.3 is 33.8 Å². The maximum Gasteiger partial charge on any atom is 0.472 e. The van der Waals surface area contributed by atoms with Crippen molar-refractivity contribution in [2.75, 3.05) is 39.6 Å². The Morgan fingerprint density at radius 3 is 0.974 bits per heavy atom. The predicted molar refractivity (Wildman–Crippen MR) is 308 cm³/mol. The molecule has 0 saturated carbocycles. The number of hydrogen-bond acceptors (Lipinski definition) is 15. The third-order valence-corrected chi connectivity index (χ3v) is 15.7. The van der Waals surface area contributed by atoms with Crippen molar-refractivity contribution in [1.29, 1.82) is 0 Å². The standard InChI is InChI=1S/C59H114O17P2/c1-7-10-12-14-15-24-31-37-43-58(63)75-54(47-69-56(61)41-35-27-13-11-8-2)49-73-77(65,66)71-45-53(60)46-72-78(67,68)74-50-55(48-70-57(62)42-36-30-25-21-20-22-28-33-39-51(4)5)76-59(64)44-38-32-26-19-17-16-18-23-29-34-40-52(6)9-3/h51-55,60H,7-50H2,1-6H3,(H,65,66)(H,67,68)/t52?,53-,54+,55+/m0/s1. The van der Waals surface area contributed by atoms with E-state index in [4.69, 9.17) is 37.0 Å². The maximum atomic E-state index is 12.9. The molecule has 0 aliphatic carbocycles. The number of carbonyl (C=O) groups excluding carboxylic acids is 4. The molecular weight excluding hydrogens is 1040 g/mol. The number of rotatable bonds is 58. The number of ether oxygens (including phenoxy) is 4. The minimum atomic E-state index is -4.94. The van der Waals surface area contributed by atoms with Gasteiger partial charge in [0.15, 0.2) is 12.2 Å². The molecule has 0 spiro atoms. The summed E-state index contributed by atoms with van der Waals surface area (Å²) in [7, 11) is -9.87. The van der Waals surface area contributed by atoms with Gasteiger partial charge in [-0.25, -0.2) is 9.13 Å². The first-order valence-corrected chi connectivity index (χ1v) is 34.0. The van der Waals surface area contributed by atoms with Crippen LogP contribution in [0.1, 0.15) is 286 Å². The molecule has 19 heteroatoms. The lowest BCUT2D eigenvalue weighted by molar-refractivity contribution is -0.161. The Hall–Kier alpha value is -1.94. The topological polar surface area (TPSA) is 237 Å². The zero-order valence-electron chi connectivity index (χ0n) is 50.0. The Labute approximate surface area is 473 Å². The molecule has 0 radical (unpaired) electrons. The molecule has 0 aliphatic heterocycles. The van der Waals surface area contributed by atoms with E-state index in [-0.39, 0.29) is 25.7 Å². The van der Waals surface area contributed by atoms with E-state index in [9.17, 15) is 43.2 Å². The summed E-state index contributed by atoms with van der Waals surface area (Å²) in [6.07, 6.45) is 32.4. The number of esters is 4. The van der Waals surface area contributed by atoms with Crippen molar-refractivity contribution in [2.45, 2.75) is 304 Å². The van der Waals surface area contributed by atoms with Crippen LogP contribution >= 0.6 is 15.6 Å². The van der Waals surface area contributed by atoms with Crippen molar-refractivity contribution < 1.29 is 80.2 Å². The number of unbranched alkanes of at least 4 members (excludes halogenated alkanes) is 27. The van der Waals surface area contributed by atoms with Crippen molar-refractivity contribution in [3.05, 3.63) is 0 Å². The molecule has 0 rings (SSSR count). The molecule has 3 N–H and O–H groups in total. The second-order valence-electron chi connectivity index (χ2n) is 22.1. The molecule has 0 aromatic heterocycles. The molecule has 17 nitrogen and oxygen atoms in total. The third kappa shape index (κ3) is 52.2. The summed E-state index contributed by atoms with van der Waals surface area (Å²) in [6, 6.07) is 0. The fourth-order valence-corrected chi connectivity index (χ4v) is 10.2. The van der Waals surface area contributed by atoms with Gasteiger partial charge in [0.05, 0.1) is 26.4 Å². The molecule has 0 aliphatic rings. The summed E-state index contributed by atoms with van der Waals surface area (Å²) in [5.74, 6) is -0.625. The van der Waals surface area contributed by atoms with E-state index in [2.05, 4.69) is 41.5 Å². The number of carbonyl (C=O) groups is 4. The number of phosphoric ester groups is 2. The van der Waals surface area contributed by atoms with Crippen molar-refractivity contribution in [3.63, 3.8) is 0 Å². The summed E-state index contributed by atoms with van der Waals surface area (Å²) >= 11 is 0. The van der Waals surface area contributed by atoms with E-state index < -0.39 is 97.5 Å². The van der Waals surface area contributed by atoms with Crippen LogP contribution in [0.5, 0.6) is 0 Å². The van der Waals surface area contributed by atoms with Gasteiger partial charge in [-0.1, -0.05) is 234 Å². The molecule has 0 bridgehead atoms. The first kappa shape index (κ1) is 76.1. The molecule has 3 unspecified atom stereocenters. The Bertz CT molecular complexity index is 1550. The highest BCUT2D eigenvalue weighted by Gasteiger charge is 2.30. The highest BCUT2D eigenvalue weighted by Crippen LogP contribution is 2.45. The first-order valence-electron chi connectivity index (χ1n) is 31.0. The Kier molecular flexibility index (Phi) is 50.6. The largest absolute Gasteiger partial charge is 0.472 e. The van der Waals surface area contributed by atoms with E-state index in [1.54, 1.807) is 0 Å². The summed E-state index contributed by atoms with van der Waals surface area (Å²) in [5.41, 5.74) is 0. The first-order chi connectivity index (χ1) is 37.4. The van der Waals surface area contributed by atoms with Gasteiger partial charge in [0.25, 0.3) is 0 Å². The monoisotopic (exact) mass is 1160 g/mol. The quantitative estimate of drug-likeness (QED) is 0.0222. The van der Waals surface area contributed by atoms with E-state index in [0.717, 1.165) is 115 Å². The minimum absolute atomic E-state index is 0.104. The molecule has 0 fully saturated rings. The summed E-state index contributed by atoms with van der Waals surface area (Å²) in [6.45, 7) is 9.33. The predicted octanol–water partition coefficient (Wildman–Crippen LogP) is 15.7. The highest BCUT2D eigenvalue weighted by atomic mass is 31.2. The average molecular weight is 1160 g/mol. The van der Waals surface area contributed by atoms with E-state index in [0.29, 0.717) is 25.7 Å². The van der Waals surface area contributed by atoms with Crippen molar-refractivity contribution in [2.24, 2.45) is 11.8 Å². The molecule has 78 heavy (non-hydrogen) atoms. The van der Waals surface area contributed by atoms with Crippen LogP contribution in [0.3, 0.4) is 0 Å². The van der Waals surface area contributed by atoms with E-state index in [1.807, 2.05) is 0 Å². The van der Waals surface area contributed by atoms with Crippen molar-refractivity contribution in [3.8, 4) is 0 Å². The summed E-state index contributed by atoms with van der Waals surface area (Å²) in [4.78, 5) is 71.7. The molecular formula is C59H114O17P2. The Morgan fingerprint density at radius 1 is 0.372 bits per heavy atom.